The first kappa shape index (κ1) is 8.81. The minimum atomic E-state index is -0.0382. The van der Waals surface area contributed by atoms with E-state index in [1.165, 1.54) is 0 Å². The molecule has 1 aromatic heterocycles. The monoisotopic (exact) mass is 188 g/mol. The molecule has 1 heterocycles. The summed E-state index contributed by atoms with van der Waals surface area (Å²) >= 11 is 0. The smallest absolute Gasteiger partial charge is 0.260 e. The summed E-state index contributed by atoms with van der Waals surface area (Å²) in [6.07, 6.45) is 1.82. The number of pyridine rings is 1. The highest BCUT2D eigenvalue weighted by atomic mass is 16.1. The molecule has 72 valence electrons. The molecule has 2 N–H and O–H groups in total. The number of nitrogen functional groups attached to an aromatic ring is 1. The number of hydrogen-bond acceptors (Lipinski definition) is 2. The highest BCUT2D eigenvalue weighted by Crippen LogP contribution is 2.19. The van der Waals surface area contributed by atoms with E-state index in [9.17, 15) is 4.79 Å². The molecule has 0 radical (unpaired) electrons. The average Bonchev–Trinajstić information content (AvgIpc) is 2.14. The Balaban J connectivity index is 3.11. The molecule has 0 amide bonds. The number of aromatic nitrogens is 1. The van der Waals surface area contributed by atoms with E-state index in [0.29, 0.717) is 11.1 Å². The van der Waals surface area contributed by atoms with Crippen molar-refractivity contribution in [2.75, 3.05) is 5.73 Å². The van der Waals surface area contributed by atoms with Gasteiger partial charge in [-0.1, -0.05) is 12.1 Å². The summed E-state index contributed by atoms with van der Waals surface area (Å²) < 4.78 is 1.56. The lowest BCUT2D eigenvalue weighted by atomic mass is 10.1. The number of nitrogens with two attached hydrogens (primary N) is 1. The Bertz CT molecular complexity index is 555. The van der Waals surface area contributed by atoms with Crippen molar-refractivity contribution in [3.63, 3.8) is 0 Å². The van der Waals surface area contributed by atoms with Gasteiger partial charge in [-0.05, 0) is 23.9 Å². The van der Waals surface area contributed by atoms with Crippen LogP contribution in [0.15, 0.2) is 29.2 Å². The number of nitrogens with zero attached hydrogens (tertiary/aromatic N) is 1. The Hall–Kier alpha value is -1.77. The van der Waals surface area contributed by atoms with Crippen LogP contribution in [0.2, 0.25) is 0 Å². The molecule has 0 aliphatic heterocycles. The zero-order valence-corrected chi connectivity index (χ0v) is 8.24. The highest BCUT2D eigenvalue weighted by molar-refractivity contribution is 5.93. The molecular formula is C11H12N2O. The Labute approximate surface area is 81.8 Å². The van der Waals surface area contributed by atoms with Gasteiger partial charge in [-0.25, -0.2) is 0 Å². The summed E-state index contributed by atoms with van der Waals surface area (Å²) in [6.45, 7) is 1.97. The molecule has 0 aliphatic carbocycles. The van der Waals surface area contributed by atoms with Crippen molar-refractivity contribution in [3.05, 3.63) is 40.3 Å². The van der Waals surface area contributed by atoms with Gasteiger partial charge in [0.1, 0.15) is 0 Å². The first-order chi connectivity index (χ1) is 6.61. The van der Waals surface area contributed by atoms with Gasteiger partial charge in [0, 0.05) is 18.9 Å². The van der Waals surface area contributed by atoms with E-state index >= 15 is 0 Å². The highest BCUT2D eigenvalue weighted by Gasteiger charge is 2.06. The van der Waals surface area contributed by atoms with Gasteiger partial charge in [-0.15, -0.1) is 0 Å². The Kier molecular flexibility index (Phi) is 1.81. The molecule has 0 aliphatic rings. The topological polar surface area (TPSA) is 48.0 Å². The fourth-order valence-electron chi connectivity index (χ4n) is 1.73. The van der Waals surface area contributed by atoms with Crippen LogP contribution < -0.4 is 11.3 Å². The van der Waals surface area contributed by atoms with Gasteiger partial charge in [-0.2, -0.15) is 0 Å². The van der Waals surface area contributed by atoms with Crippen LogP contribution in [0.25, 0.3) is 10.8 Å². The first-order valence-electron chi connectivity index (χ1n) is 4.45. The zero-order valence-electron chi connectivity index (χ0n) is 8.24. The third kappa shape index (κ3) is 1.09. The first-order valence-corrected chi connectivity index (χ1v) is 4.45. The number of rotatable bonds is 0. The van der Waals surface area contributed by atoms with Crippen molar-refractivity contribution in [1.29, 1.82) is 0 Å². The fourth-order valence-corrected chi connectivity index (χ4v) is 1.73. The van der Waals surface area contributed by atoms with Gasteiger partial charge in [-0.3, -0.25) is 4.79 Å². The lowest BCUT2D eigenvalue weighted by Gasteiger charge is -2.06. The van der Waals surface area contributed by atoms with Crippen LogP contribution in [0, 0.1) is 6.92 Å². The summed E-state index contributed by atoms with van der Waals surface area (Å²) in [7, 11) is 1.74. The molecule has 3 heteroatoms. The van der Waals surface area contributed by atoms with E-state index in [1.54, 1.807) is 17.7 Å². The van der Waals surface area contributed by atoms with Crippen LogP contribution in [-0.2, 0) is 7.05 Å². The van der Waals surface area contributed by atoms with Crippen molar-refractivity contribution in [2.24, 2.45) is 7.05 Å². The maximum absolute atomic E-state index is 11.8. The van der Waals surface area contributed by atoms with E-state index in [4.69, 9.17) is 5.73 Å². The predicted octanol–water partition coefficient (Wildman–Crippen LogP) is 1.43. The second kappa shape index (κ2) is 2.87. The number of aryl methyl sites for hydroxylation is 2. The second-order valence-corrected chi connectivity index (χ2v) is 3.50. The van der Waals surface area contributed by atoms with E-state index < -0.39 is 0 Å². The standard InChI is InChI=1S/C11H12N2O/c1-7-6-13(2)11(14)10-8(7)4-3-5-9(10)12/h3-6H,12H2,1-2H3. The van der Waals surface area contributed by atoms with E-state index in [1.807, 2.05) is 25.3 Å². The molecule has 0 spiro atoms. The van der Waals surface area contributed by atoms with Gasteiger partial charge in [0.2, 0.25) is 0 Å². The molecule has 1 aromatic carbocycles. The third-order valence-corrected chi connectivity index (χ3v) is 2.44. The number of benzene rings is 1. The zero-order chi connectivity index (χ0) is 10.3. The van der Waals surface area contributed by atoms with Gasteiger partial charge in [0.05, 0.1) is 5.39 Å². The Morgan fingerprint density at radius 2 is 2.07 bits per heavy atom. The third-order valence-electron chi connectivity index (χ3n) is 2.44. The largest absolute Gasteiger partial charge is 0.398 e. The summed E-state index contributed by atoms with van der Waals surface area (Å²) in [5.41, 5.74) is 7.36. The van der Waals surface area contributed by atoms with Crippen LogP contribution in [0.5, 0.6) is 0 Å². The van der Waals surface area contributed by atoms with Crippen molar-refractivity contribution >= 4 is 16.5 Å². The van der Waals surface area contributed by atoms with Crippen LogP contribution >= 0.6 is 0 Å². The maximum atomic E-state index is 11.8. The summed E-state index contributed by atoms with van der Waals surface area (Å²) in [4.78, 5) is 11.8. The number of hydrogen-bond donors (Lipinski definition) is 1. The molecule has 2 aromatic rings. The molecule has 0 unspecified atom stereocenters. The van der Waals surface area contributed by atoms with Crippen molar-refractivity contribution in [1.82, 2.24) is 4.57 Å². The fraction of sp³-hybridized carbons (Fsp3) is 0.182. The molecule has 0 saturated carbocycles. The number of anilines is 1. The van der Waals surface area contributed by atoms with E-state index in [-0.39, 0.29) is 5.56 Å². The molecule has 2 rings (SSSR count). The van der Waals surface area contributed by atoms with E-state index in [2.05, 4.69) is 0 Å². The Morgan fingerprint density at radius 3 is 2.79 bits per heavy atom. The minimum Gasteiger partial charge on any atom is -0.398 e. The summed E-state index contributed by atoms with van der Waals surface area (Å²) in [5.74, 6) is 0. The molecule has 3 nitrogen and oxygen atoms in total. The van der Waals surface area contributed by atoms with Crippen LogP contribution in [-0.4, -0.2) is 4.57 Å². The lowest BCUT2D eigenvalue weighted by Crippen LogP contribution is -2.17. The molecule has 0 atom stereocenters. The SMILES string of the molecule is Cc1cn(C)c(=O)c2c(N)cccc12. The predicted molar refractivity (Wildman–Crippen MR) is 58.3 cm³/mol. The van der Waals surface area contributed by atoms with E-state index in [0.717, 1.165) is 10.9 Å². The quantitative estimate of drug-likeness (QED) is 0.636. The van der Waals surface area contributed by atoms with Crippen molar-refractivity contribution in [3.8, 4) is 0 Å². The van der Waals surface area contributed by atoms with Crippen LogP contribution in [0.4, 0.5) is 5.69 Å². The molecular weight excluding hydrogens is 176 g/mol. The van der Waals surface area contributed by atoms with Gasteiger partial charge >= 0.3 is 0 Å². The van der Waals surface area contributed by atoms with Crippen molar-refractivity contribution in [2.45, 2.75) is 6.92 Å². The van der Waals surface area contributed by atoms with Crippen LogP contribution in [0.3, 0.4) is 0 Å². The van der Waals surface area contributed by atoms with Gasteiger partial charge in [0.25, 0.3) is 5.56 Å². The maximum Gasteiger partial charge on any atom is 0.260 e. The second-order valence-electron chi connectivity index (χ2n) is 3.50. The Morgan fingerprint density at radius 1 is 1.36 bits per heavy atom. The normalized spacial score (nSPS) is 10.7. The molecule has 0 saturated heterocycles. The summed E-state index contributed by atoms with van der Waals surface area (Å²) in [6, 6.07) is 5.54. The van der Waals surface area contributed by atoms with Gasteiger partial charge < -0.3 is 10.3 Å². The van der Waals surface area contributed by atoms with Crippen LogP contribution in [0.1, 0.15) is 5.56 Å². The summed E-state index contributed by atoms with van der Waals surface area (Å²) in [5, 5.41) is 1.56. The van der Waals surface area contributed by atoms with Gasteiger partial charge in [0.15, 0.2) is 0 Å². The lowest BCUT2D eigenvalue weighted by molar-refractivity contribution is 0.866. The van der Waals surface area contributed by atoms with Crippen molar-refractivity contribution < 1.29 is 0 Å². The number of fused-ring (bicyclic) bond motifs is 1. The molecule has 14 heavy (non-hydrogen) atoms. The minimum absolute atomic E-state index is 0.0382. The molecule has 0 fully saturated rings. The average molecular weight is 188 g/mol. The molecule has 0 bridgehead atoms.